The standard InChI is InChI=1S/C19H19N5O2/c1-12-11-24(17-4-2-3-13-9-20-7-5-14(13)17)23-18(12)22-16-10-21-8-6-15(16)19(25)26/h2-4,6,8,10-11,20H,5,7,9H2,1H3,(H,22,23)(H,25,26). The van der Waals surface area contributed by atoms with E-state index in [1.807, 2.05) is 23.9 Å². The number of hydrogen-bond donors (Lipinski definition) is 3. The number of benzene rings is 1. The van der Waals surface area contributed by atoms with Gasteiger partial charge >= 0.3 is 5.97 Å². The molecular weight excluding hydrogens is 330 g/mol. The van der Waals surface area contributed by atoms with Crippen LogP contribution in [0.1, 0.15) is 27.0 Å². The van der Waals surface area contributed by atoms with Gasteiger partial charge in [0.1, 0.15) is 0 Å². The van der Waals surface area contributed by atoms with E-state index in [9.17, 15) is 9.90 Å². The van der Waals surface area contributed by atoms with Gasteiger partial charge < -0.3 is 15.7 Å². The lowest BCUT2D eigenvalue weighted by Crippen LogP contribution is -2.24. The molecule has 0 spiro atoms. The highest BCUT2D eigenvalue weighted by atomic mass is 16.4. The van der Waals surface area contributed by atoms with Crippen molar-refractivity contribution in [2.45, 2.75) is 19.9 Å². The Balaban J connectivity index is 1.71. The number of nitrogens with zero attached hydrogens (tertiary/aromatic N) is 3. The zero-order valence-electron chi connectivity index (χ0n) is 14.4. The normalized spacial score (nSPS) is 13.3. The molecule has 0 amide bonds. The van der Waals surface area contributed by atoms with Crippen LogP contribution in [-0.2, 0) is 13.0 Å². The van der Waals surface area contributed by atoms with Crippen molar-refractivity contribution in [2.24, 2.45) is 0 Å². The summed E-state index contributed by atoms with van der Waals surface area (Å²) in [5, 5.41) is 20.5. The van der Waals surface area contributed by atoms with E-state index >= 15 is 0 Å². The summed E-state index contributed by atoms with van der Waals surface area (Å²) >= 11 is 0. The van der Waals surface area contributed by atoms with Crippen LogP contribution in [0.3, 0.4) is 0 Å². The van der Waals surface area contributed by atoms with Crippen molar-refractivity contribution in [3.63, 3.8) is 0 Å². The number of aryl methyl sites for hydroxylation is 1. The molecule has 132 valence electrons. The van der Waals surface area contributed by atoms with Crippen molar-refractivity contribution in [3.8, 4) is 5.69 Å². The molecule has 0 fully saturated rings. The number of carbonyl (C=O) groups is 1. The van der Waals surface area contributed by atoms with E-state index in [2.05, 4.69) is 32.8 Å². The number of anilines is 2. The fourth-order valence-corrected chi connectivity index (χ4v) is 3.24. The molecule has 0 saturated heterocycles. The molecule has 3 heterocycles. The van der Waals surface area contributed by atoms with Crippen molar-refractivity contribution < 1.29 is 9.90 Å². The minimum atomic E-state index is -1.00. The van der Waals surface area contributed by atoms with Crippen LogP contribution < -0.4 is 10.6 Å². The topological polar surface area (TPSA) is 92.1 Å². The third kappa shape index (κ3) is 2.93. The molecule has 1 aromatic carbocycles. The molecule has 3 N–H and O–H groups in total. The first-order chi connectivity index (χ1) is 12.6. The van der Waals surface area contributed by atoms with Crippen LogP contribution in [0.5, 0.6) is 0 Å². The molecule has 26 heavy (non-hydrogen) atoms. The maximum atomic E-state index is 11.4. The Labute approximate surface area is 150 Å². The summed E-state index contributed by atoms with van der Waals surface area (Å²) in [5.41, 5.74) is 5.16. The summed E-state index contributed by atoms with van der Waals surface area (Å²) in [6, 6.07) is 7.70. The first-order valence-corrected chi connectivity index (χ1v) is 8.46. The van der Waals surface area contributed by atoms with Gasteiger partial charge in [-0.2, -0.15) is 0 Å². The molecule has 1 aliphatic rings. The predicted molar refractivity (Wildman–Crippen MR) is 98.2 cm³/mol. The van der Waals surface area contributed by atoms with Crippen molar-refractivity contribution in [3.05, 3.63) is 65.1 Å². The van der Waals surface area contributed by atoms with Crippen LogP contribution in [0, 0.1) is 6.92 Å². The molecule has 0 bridgehead atoms. The van der Waals surface area contributed by atoms with Crippen molar-refractivity contribution in [1.29, 1.82) is 0 Å². The Morgan fingerprint density at radius 1 is 1.35 bits per heavy atom. The number of carboxylic acid groups (broad SMARTS) is 1. The minimum absolute atomic E-state index is 0.164. The van der Waals surface area contributed by atoms with Gasteiger partial charge in [-0.25, -0.2) is 9.48 Å². The summed E-state index contributed by atoms with van der Waals surface area (Å²) in [7, 11) is 0. The molecule has 0 radical (unpaired) electrons. The number of hydrogen-bond acceptors (Lipinski definition) is 5. The fourth-order valence-electron chi connectivity index (χ4n) is 3.24. The van der Waals surface area contributed by atoms with E-state index in [-0.39, 0.29) is 5.56 Å². The minimum Gasteiger partial charge on any atom is -0.478 e. The van der Waals surface area contributed by atoms with Gasteiger partial charge in [0.2, 0.25) is 0 Å². The second kappa shape index (κ2) is 6.61. The molecule has 0 saturated carbocycles. The smallest absolute Gasteiger partial charge is 0.337 e. The molecule has 1 aliphatic heterocycles. The Kier molecular flexibility index (Phi) is 4.14. The quantitative estimate of drug-likeness (QED) is 0.671. The van der Waals surface area contributed by atoms with Crippen molar-refractivity contribution in [2.75, 3.05) is 11.9 Å². The largest absolute Gasteiger partial charge is 0.478 e. The van der Waals surface area contributed by atoms with Gasteiger partial charge in [-0.1, -0.05) is 12.1 Å². The summed E-state index contributed by atoms with van der Waals surface area (Å²) < 4.78 is 1.86. The number of aromatic nitrogens is 3. The molecule has 0 aliphatic carbocycles. The van der Waals surface area contributed by atoms with E-state index in [1.165, 1.54) is 29.6 Å². The molecule has 7 heteroatoms. The SMILES string of the molecule is Cc1cn(-c2cccc3c2CCNC3)nc1Nc1cnccc1C(=O)O. The number of pyridine rings is 1. The van der Waals surface area contributed by atoms with E-state index in [0.717, 1.165) is 30.8 Å². The average Bonchev–Trinajstić information content (AvgIpc) is 3.02. The summed E-state index contributed by atoms with van der Waals surface area (Å²) in [6.45, 7) is 3.76. The van der Waals surface area contributed by atoms with E-state index in [0.29, 0.717) is 11.5 Å². The zero-order chi connectivity index (χ0) is 18.1. The second-order valence-electron chi connectivity index (χ2n) is 6.30. The highest BCUT2D eigenvalue weighted by molar-refractivity contribution is 5.94. The van der Waals surface area contributed by atoms with Crippen LogP contribution in [0.2, 0.25) is 0 Å². The first kappa shape index (κ1) is 16.3. The summed E-state index contributed by atoms with van der Waals surface area (Å²) in [6.07, 6.45) is 5.87. The molecule has 2 aromatic heterocycles. The second-order valence-corrected chi connectivity index (χ2v) is 6.30. The van der Waals surface area contributed by atoms with E-state index in [4.69, 9.17) is 0 Å². The molecule has 3 aromatic rings. The number of rotatable bonds is 4. The lowest BCUT2D eigenvalue weighted by Gasteiger charge is -2.20. The Morgan fingerprint density at radius 3 is 3.08 bits per heavy atom. The van der Waals surface area contributed by atoms with Gasteiger partial charge in [0, 0.05) is 24.5 Å². The predicted octanol–water partition coefficient (Wildman–Crippen LogP) is 2.66. The monoisotopic (exact) mass is 349 g/mol. The zero-order valence-corrected chi connectivity index (χ0v) is 14.4. The van der Waals surface area contributed by atoms with E-state index < -0.39 is 5.97 Å². The number of fused-ring (bicyclic) bond motifs is 1. The number of nitrogens with one attached hydrogen (secondary N) is 2. The van der Waals surface area contributed by atoms with Crippen LogP contribution >= 0.6 is 0 Å². The highest BCUT2D eigenvalue weighted by Gasteiger charge is 2.17. The molecular formula is C19H19N5O2. The fraction of sp³-hybridized carbons (Fsp3) is 0.211. The van der Waals surface area contributed by atoms with Crippen LogP contribution in [0.15, 0.2) is 42.9 Å². The third-order valence-corrected chi connectivity index (χ3v) is 4.56. The van der Waals surface area contributed by atoms with Crippen molar-refractivity contribution >= 4 is 17.5 Å². The van der Waals surface area contributed by atoms with Crippen LogP contribution in [-0.4, -0.2) is 32.4 Å². The maximum Gasteiger partial charge on any atom is 0.337 e. The number of aromatic carboxylic acids is 1. The van der Waals surface area contributed by atoms with Gasteiger partial charge in [-0.05, 0) is 43.1 Å². The molecule has 4 rings (SSSR count). The molecule has 0 atom stereocenters. The van der Waals surface area contributed by atoms with Gasteiger partial charge in [-0.15, -0.1) is 5.10 Å². The molecule has 7 nitrogen and oxygen atoms in total. The summed E-state index contributed by atoms with van der Waals surface area (Å²) in [4.78, 5) is 15.4. The summed E-state index contributed by atoms with van der Waals surface area (Å²) in [5.74, 6) is -0.386. The molecule has 0 unspecified atom stereocenters. The highest BCUT2D eigenvalue weighted by Crippen LogP contribution is 2.26. The Hall–Kier alpha value is -3.19. The van der Waals surface area contributed by atoms with Gasteiger partial charge in [0.05, 0.1) is 23.1 Å². The van der Waals surface area contributed by atoms with Crippen LogP contribution in [0.4, 0.5) is 11.5 Å². The van der Waals surface area contributed by atoms with Crippen molar-refractivity contribution in [1.82, 2.24) is 20.1 Å². The lowest BCUT2D eigenvalue weighted by molar-refractivity contribution is 0.0698. The lowest BCUT2D eigenvalue weighted by atomic mass is 9.99. The maximum absolute atomic E-state index is 11.4. The first-order valence-electron chi connectivity index (χ1n) is 8.46. The Bertz CT molecular complexity index is 980. The Morgan fingerprint density at radius 2 is 2.23 bits per heavy atom. The van der Waals surface area contributed by atoms with Gasteiger partial charge in [0.15, 0.2) is 5.82 Å². The number of carboxylic acids is 1. The average molecular weight is 349 g/mol. The van der Waals surface area contributed by atoms with E-state index in [1.54, 1.807) is 0 Å². The van der Waals surface area contributed by atoms with Gasteiger partial charge in [0.25, 0.3) is 0 Å². The van der Waals surface area contributed by atoms with Crippen LogP contribution in [0.25, 0.3) is 5.69 Å². The van der Waals surface area contributed by atoms with Gasteiger partial charge in [-0.3, -0.25) is 4.98 Å². The third-order valence-electron chi connectivity index (χ3n) is 4.56.